The molecule has 0 unspecified atom stereocenters. The second-order valence-electron chi connectivity index (χ2n) is 4.54. The predicted molar refractivity (Wildman–Crippen MR) is 85.7 cm³/mol. The molecule has 2 aromatic rings. The highest BCUT2D eigenvalue weighted by Crippen LogP contribution is 2.32. The minimum atomic E-state index is -0.389. The zero-order valence-electron chi connectivity index (χ0n) is 11.0. The smallest absolute Gasteiger partial charge is 0.290 e. The number of carbonyl (C=O) groups excluding carboxylic acids is 2. The molecule has 0 aliphatic carbocycles. The van der Waals surface area contributed by atoms with Gasteiger partial charge in [-0.05, 0) is 48.5 Å². The highest BCUT2D eigenvalue weighted by Gasteiger charge is 2.25. The fourth-order valence-electron chi connectivity index (χ4n) is 1.95. The van der Waals surface area contributed by atoms with Crippen LogP contribution in [-0.4, -0.2) is 11.1 Å². The normalized spacial score (nSPS) is 16.6. The van der Waals surface area contributed by atoms with Crippen LogP contribution in [0.4, 0.5) is 4.79 Å². The lowest BCUT2D eigenvalue weighted by Gasteiger charge is -2.02. The largest absolute Gasteiger partial charge is 0.457 e. The molecule has 6 heteroatoms. The van der Waals surface area contributed by atoms with Gasteiger partial charge in [0.05, 0.1) is 4.91 Å². The van der Waals surface area contributed by atoms with E-state index in [4.69, 9.17) is 4.42 Å². The standard InChI is InChI=1S/C15H10BrNO3S/c1-8-2-4-10(11(16)6-8)12-5-3-9(20-12)7-13-14(18)17-15(19)21-13/h2-7H,1H3,(H,17,18,19)/b13-7+. The first-order chi connectivity index (χ1) is 10.0. The van der Waals surface area contributed by atoms with Crippen molar-refractivity contribution in [1.82, 2.24) is 5.32 Å². The van der Waals surface area contributed by atoms with Crippen LogP contribution in [0.25, 0.3) is 17.4 Å². The van der Waals surface area contributed by atoms with Gasteiger partial charge in [-0.1, -0.05) is 22.0 Å². The molecule has 0 saturated carbocycles. The van der Waals surface area contributed by atoms with E-state index in [0.717, 1.165) is 27.4 Å². The van der Waals surface area contributed by atoms with Crippen molar-refractivity contribution in [2.24, 2.45) is 0 Å². The summed E-state index contributed by atoms with van der Waals surface area (Å²) >= 11 is 4.38. The van der Waals surface area contributed by atoms with E-state index < -0.39 is 0 Å². The van der Waals surface area contributed by atoms with E-state index >= 15 is 0 Å². The van der Waals surface area contributed by atoms with Crippen molar-refractivity contribution in [2.45, 2.75) is 6.92 Å². The van der Waals surface area contributed by atoms with Gasteiger partial charge in [-0.2, -0.15) is 0 Å². The number of rotatable bonds is 2. The Labute approximate surface area is 133 Å². The number of halogens is 1. The lowest BCUT2D eigenvalue weighted by molar-refractivity contribution is -0.115. The number of benzene rings is 1. The molecule has 1 aliphatic rings. The Hall–Kier alpha value is -1.79. The third-order valence-electron chi connectivity index (χ3n) is 2.93. The van der Waals surface area contributed by atoms with E-state index in [2.05, 4.69) is 21.2 Å². The molecule has 1 aromatic heterocycles. The molecule has 106 valence electrons. The fourth-order valence-corrected chi connectivity index (χ4v) is 3.30. The van der Waals surface area contributed by atoms with Gasteiger partial charge >= 0.3 is 0 Å². The Balaban J connectivity index is 1.92. The van der Waals surface area contributed by atoms with Crippen molar-refractivity contribution in [3.05, 3.63) is 51.0 Å². The number of furan rings is 1. The van der Waals surface area contributed by atoms with Gasteiger partial charge in [0, 0.05) is 16.1 Å². The Morgan fingerprint density at radius 2 is 2.05 bits per heavy atom. The van der Waals surface area contributed by atoms with Crippen LogP contribution in [-0.2, 0) is 4.79 Å². The zero-order chi connectivity index (χ0) is 15.0. The van der Waals surface area contributed by atoms with Crippen LogP contribution in [0.1, 0.15) is 11.3 Å². The first-order valence-corrected chi connectivity index (χ1v) is 7.75. The third kappa shape index (κ3) is 2.96. The van der Waals surface area contributed by atoms with Crippen LogP contribution >= 0.6 is 27.7 Å². The van der Waals surface area contributed by atoms with Gasteiger partial charge < -0.3 is 4.42 Å². The zero-order valence-corrected chi connectivity index (χ0v) is 13.4. The molecule has 0 atom stereocenters. The summed E-state index contributed by atoms with van der Waals surface area (Å²) in [6, 6.07) is 9.58. The van der Waals surface area contributed by atoms with Crippen LogP contribution in [0.3, 0.4) is 0 Å². The molecular formula is C15H10BrNO3S. The Morgan fingerprint density at radius 1 is 1.24 bits per heavy atom. The van der Waals surface area contributed by atoms with Crippen LogP contribution in [0, 0.1) is 6.92 Å². The summed E-state index contributed by atoms with van der Waals surface area (Å²) in [7, 11) is 0. The van der Waals surface area contributed by atoms with Crippen LogP contribution in [0.15, 0.2) is 44.1 Å². The molecule has 0 spiro atoms. The highest BCUT2D eigenvalue weighted by atomic mass is 79.9. The summed E-state index contributed by atoms with van der Waals surface area (Å²) in [4.78, 5) is 22.9. The van der Waals surface area contributed by atoms with Crippen LogP contribution in [0.5, 0.6) is 0 Å². The molecule has 1 N–H and O–H groups in total. The Morgan fingerprint density at radius 3 is 2.71 bits per heavy atom. The minimum absolute atomic E-state index is 0.337. The maximum Gasteiger partial charge on any atom is 0.290 e. The molecule has 1 aromatic carbocycles. The van der Waals surface area contributed by atoms with E-state index in [1.807, 2.05) is 31.2 Å². The van der Waals surface area contributed by atoms with E-state index in [1.54, 1.807) is 12.1 Å². The second kappa shape index (κ2) is 5.54. The molecule has 0 radical (unpaired) electrons. The van der Waals surface area contributed by atoms with E-state index in [1.165, 1.54) is 0 Å². The number of carbonyl (C=O) groups is 2. The molecule has 3 rings (SSSR count). The van der Waals surface area contributed by atoms with Crippen molar-refractivity contribution in [3.63, 3.8) is 0 Å². The van der Waals surface area contributed by atoms with Gasteiger partial charge in [0.15, 0.2) is 0 Å². The van der Waals surface area contributed by atoms with Crippen molar-refractivity contribution in [3.8, 4) is 11.3 Å². The number of hydrogen-bond acceptors (Lipinski definition) is 4. The number of thioether (sulfide) groups is 1. The maximum absolute atomic E-state index is 11.5. The summed E-state index contributed by atoms with van der Waals surface area (Å²) in [6.45, 7) is 2.01. The van der Waals surface area contributed by atoms with Gasteiger partial charge in [0.1, 0.15) is 11.5 Å². The molecule has 2 heterocycles. The number of aryl methyl sites for hydroxylation is 1. The molecular weight excluding hydrogens is 354 g/mol. The van der Waals surface area contributed by atoms with Crippen molar-refractivity contribution >= 4 is 44.9 Å². The summed E-state index contributed by atoms with van der Waals surface area (Å²) in [6.07, 6.45) is 1.57. The average molecular weight is 364 g/mol. The molecule has 1 saturated heterocycles. The number of imide groups is 1. The molecule has 21 heavy (non-hydrogen) atoms. The van der Waals surface area contributed by atoms with Gasteiger partial charge in [-0.3, -0.25) is 14.9 Å². The SMILES string of the molecule is Cc1ccc(-c2ccc(/C=C3/SC(=O)NC3=O)o2)c(Br)c1. The molecule has 4 nitrogen and oxygen atoms in total. The lowest BCUT2D eigenvalue weighted by atomic mass is 10.1. The average Bonchev–Trinajstić information content (AvgIpc) is 2.97. The molecule has 2 amide bonds. The van der Waals surface area contributed by atoms with Gasteiger partial charge in [0.2, 0.25) is 0 Å². The van der Waals surface area contributed by atoms with Gasteiger partial charge in [-0.15, -0.1) is 0 Å². The lowest BCUT2D eigenvalue weighted by Crippen LogP contribution is -2.17. The van der Waals surface area contributed by atoms with Gasteiger partial charge in [0.25, 0.3) is 11.1 Å². The quantitative estimate of drug-likeness (QED) is 0.806. The maximum atomic E-state index is 11.5. The number of hydrogen-bond donors (Lipinski definition) is 1. The summed E-state index contributed by atoms with van der Waals surface area (Å²) < 4.78 is 6.67. The van der Waals surface area contributed by atoms with Crippen LogP contribution < -0.4 is 5.32 Å². The van der Waals surface area contributed by atoms with Crippen molar-refractivity contribution in [1.29, 1.82) is 0 Å². The van der Waals surface area contributed by atoms with Gasteiger partial charge in [-0.25, -0.2) is 0 Å². The van der Waals surface area contributed by atoms with Crippen molar-refractivity contribution in [2.75, 3.05) is 0 Å². The fraction of sp³-hybridized carbons (Fsp3) is 0.0667. The summed E-state index contributed by atoms with van der Waals surface area (Å²) in [5.41, 5.74) is 2.09. The minimum Gasteiger partial charge on any atom is -0.457 e. The number of amides is 2. The highest BCUT2D eigenvalue weighted by molar-refractivity contribution is 9.10. The van der Waals surface area contributed by atoms with E-state index in [9.17, 15) is 9.59 Å². The van der Waals surface area contributed by atoms with Crippen molar-refractivity contribution < 1.29 is 14.0 Å². The Kier molecular flexibility index (Phi) is 3.73. The first-order valence-electron chi connectivity index (χ1n) is 6.14. The molecule has 1 fully saturated rings. The van der Waals surface area contributed by atoms with Crippen LogP contribution in [0.2, 0.25) is 0 Å². The van der Waals surface area contributed by atoms with E-state index in [0.29, 0.717) is 16.4 Å². The first kappa shape index (κ1) is 14.2. The summed E-state index contributed by atoms with van der Waals surface area (Å²) in [5, 5.41) is 1.85. The topological polar surface area (TPSA) is 59.3 Å². The molecule has 0 bridgehead atoms. The summed E-state index contributed by atoms with van der Waals surface area (Å²) in [5.74, 6) is 0.841. The second-order valence-corrected chi connectivity index (χ2v) is 6.41. The monoisotopic (exact) mass is 363 g/mol. The van der Waals surface area contributed by atoms with E-state index in [-0.39, 0.29) is 11.1 Å². The predicted octanol–water partition coefficient (Wildman–Crippen LogP) is 4.34. The Bertz CT molecular complexity index is 779. The third-order valence-corrected chi connectivity index (χ3v) is 4.40. The molecule has 1 aliphatic heterocycles. The number of nitrogens with one attached hydrogen (secondary N) is 1.